The number of carbonyl (C=O) groups excluding carboxylic acids is 1. The molecule has 1 aromatic carbocycles. The molecule has 0 unspecified atom stereocenters. The standard InChI is InChI=1S/C18H24ClN5OS.HI/c1-4-20-18(23-11-17-22-10-12(2)26-17)21-9-8-16(25)24-15-7-5-6-14(19)13(15)3;/h5-7,10H,4,8-9,11H2,1-3H3,(H,24,25)(H2,20,21,23);1H. The van der Waals surface area contributed by atoms with Gasteiger partial charge in [-0.05, 0) is 38.5 Å². The van der Waals surface area contributed by atoms with E-state index in [9.17, 15) is 4.79 Å². The van der Waals surface area contributed by atoms with Gasteiger partial charge in [-0.15, -0.1) is 35.3 Å². The number of amides is 1. The molecule has 27 heavy (non-hydrogen) atoms. The molecule has 2 rings (SSSR count). The molecule has 148 valence electrons. The highest BCUT2D eigenvalue weighted by atomic mass is 127. The smallest absolute Gasteiger partial charge is 0.226 e. The molecule has 1 heterocycles. The molecule has 3 N–H and O–H groups in total. The Morgan fingerprint density at radius 2 is 2.07 bits per heavy atom. The maximum absolute atomic E-state index is 12.1. The number of carbonyl (C=O) groups is 1. The fourth-order valence-electron chi connectivity index (χ4n) is 2.21. The van der Waals surface area contributed by atoms with Crippen molar-refractivity contribution < 1.29 is 4.79 Å². The lowest BCUT2D eigenvalue weighted by Crippen LogP contribution is -2.38. The van der Waals surface area contributed by atoms with E-state index in [1.807, 2.05) is 39.1 Å². The van der Waals surface area contributed by atoms with Gasteiger partial charge in [0.1, 0.15) is 5.01 Å². The molecule has 1 aromatic heterocycles. The molecular formula is C18H25ClIN5OS. The van der Waals surface area contributed by atoms with E-state index in [0.29, 0.717) is 30.5 Å². The zero-order chi connectivity index (χ0) is 18.9. The van der Waals surface area contributed by atoms with Crippen LogP contribution < -0.4 is 16.0 Å². The second-order valence-corrected chi connectivity index (χ2v) is 7.42. The Hall–Kier alpha value is -1.39. The summed E-state index contributed by atoms with van der Waals surface area (Å²) in [7, 11) is 0. The zero-order valence-corrected chi connectivity index (χ0v) is 19.5. The maximum atomic E-state index is 12.1. The second kappa shape index (κ2) is 12.1. The predicted octanol–water partition coefficient (Wildman–Crippen LogP) is 4.12. The van der Waals surface area contributed by atoms with Gasteiger partial charge in [0, 0.05) is 41.3 Å². The minimum atomic E-state index is -0.0748. The van der Waals surface area contributed by atoms with Crippen LogP contribution in [0.4, 0.5) is 5.69 Å². The van der Waals surface area contributed by atoms with E-state index in [4.69, 9.17) is 11.6 Å². The maximum Gasteiger partial charge on any atom is 0.226 e. The van der Waals surface area contributed by atoms with Crippen molar-refractivity contribution in [3.8, 4) is 0 Å². The van der Waals surface area contributed by atoms with E-state index >= 15 is 0 Å². The molecule has 0 aliphatic carbocycles. The molecule has 0 spiro atoms. The first kappa shape index (κ1) is 23.6. The Morgan fingerprint density at radius 1 is 1.30 bits per heavy atom. The number of hydrogen-bond acceptors (Lipinski definition) is 4. The van der Waals surface area contributed by atoms with E-state index in [1.54, 1.807) is 17.4 Å². The number of hydrogen-bond donors (Lipinski definition) is 3. The van der Waals surface area contributed by atoms with Gasteiger partial charge in [-0.25, -0.2) is 9.98 Å². The monoisotopic (exact) mass is 521 g/mol. The van der Waals surface area contributed by atoms with Crippen molar-refractivity contribution >= 4 is 64.5 Å². The Bertz CT molecular complexity index is 781. The number of benzene rings is 1. The van der Waals surface area contributed by atoms with Gasteiger partial charge in [-0.2, -0.15) is 0 Å². The molecule has 9 heteroatoms. The van der Waals surface area contributed by atoms with Gasteiger partial charge < -0.3 is 16.0 Å². The molecule has 0 bridgehead atoms. The van der Waals surface area contributed by atoms with E-state index in [-0.39, 0.29) is 29.9 Å². The molecule has 1 amide bonds. The molecule has 0 saturated carbocycles. The summed E-state index contributed by atoms with van der Waals surface area (Å²) < 4.78 is 0. The van der Waals surface area contributed by atoms with Crippen LogP contribution in [0, 0.1) is 13.8 Å². The third-order valence-corrected chi connectivity index (χ3v) is 4.88. The highest BCUT2D eigenvalue weighted by molar-refractivity contribution is 14.0. The van der Waals surface area contributed by atoms with Crippen molar-refractivity contribution in [3.63, 3.8) is 0 Å². The number of halogens is 2. The number of rotatable bonds is 7. The number of nitrogens with one attached hydrogen (secondary N) is 3. The third-order valence-electron chi connectivity index (χ3n) is 3.57. The average Bonchev–Trinajstić information content (AvgIpc) is 3.02. The summed E-state index contributed by atoms with van der Waals surface area (Å²) in [6.45, 7) is 7.65. The molecule has 0 aliphatic heterocycles. The van der Waals surface area contributed by atoms with Gasteiger partial charge in [0.25, 0.3) is 0 Å². The summed E-state index contributed by atoms with van der Waals surface area (Å²) in [5, 5.41) is 10.8. The molecular weight excluding hydrogens is 497 g/mol. The molecule has 0 atom stereocenters. The third kappa shape index (κ3) is 8.02. The fraction of sp³-hybridized carbons (Fsp3) is 0.389. The van der Waals surface area contributed by atoms with Crippen LogP contribution in [0.15, 0.2) is 29.4 Å². The van der Waals surface area contributed by atoms with Crippen LogP contribution in [-0.2, 0) is 11.3 Å². The zero-order valence-electron chi connectivity index (χ0n) is 15.6. The highest BCUT2D eigenvalue weighted by Crippen LogP contribution is 2.22. The number of nitrogens with zero attached hydrogens (tertiary/aromatic N) is 2. The quantitative estimate of drug-likeness (QED) is 0.291. The Labute approximate surface area is 186 Å². The summed E-state index contributed by atoms with van der Waals surface area (Å²) in [6.07, 6.45) is 2.17. The molecule has 6 nitrogen and oxygen atoms in total. The Morgan fingerprint density at radius 3 is 2.74 bits per heavy atom. The molecule has 0 saturated heterocycles. The lowest BCUT2D eigenvalue weighted by Gasteiger charge is -2.12. The Kier molecular flexibility index (Phi) is 10.6. The molecule has 0 radical (unpaired) electrons. The minimum Gasteiger partial charge on any atom is -0.357 e. The van der Waals surface area contributed by atoms with Crippen molar-refractivity contribution in [3.05, 3.63) is 44.9 Å². The minimum absolute atomic E-state index is 0. The number of anilines is 1. The fourth-order valence-corrected chi connectivity index (χ4v) is 3.10. The normalized spacial score (nSPS) is 10.9. The lowest BCUT2D eigenvalue weighted by molar-refractivity contribution is -0.116. The van der Waals surface area contributed by atoms with Gasteiger partial charge in [-0.3, -0.25) is 4.79 Å². The Balaban J connectivity index is 0.00000364. The first-order valence-electron chi connectivity index (χ1n) is 8.48. The van der Waals surface area contributed by atoms with Crippen LogP contribution in [0.5, 0.6) is 0 Å². The van der Waals surface area contributed by atoms with E-state index in [1.165, 1.54) is 4.88 Å². The van der Waals surface area contributed by atoms with Crippen LogP contribution in [0.1, 0.15) is 28.8 Å². The van der Waals surface area contributed by atoms with Crippen LogP contribution in [0.25, 0.3) is 0 Å². The summed E-state index contributed by atoms with van der Waals surface area (Å²) in [5.41, 5.74) is 1.60. The number of guanidine groups is 1. The van der Waals surface area contributed by atoms with E-state index in [0.717, 1.165) is 22.8 Å². The van der Waals surface area contributed by atoms with Gasteiger partial charge in [0.05, 0.1) is 6.54 Å². The van der Waals surface area contributed by atoms with Crippen molar-refractivity contribution in [2.75, 3.05) is 18.4 Å². The highest BCUT2D eigenvalue weighted by Gasteiger charge is 2.07. The predicted molar refractivity (Wildman–Crippen MR) is 125 cm³/mol. The van der Waals surface area contributed by atoms with Crippen molar-refractivity contribution in [2.45, 2.75) is 33.7 Å². The van der Waals surface area contributed by atoms with Crippen molar-refractivity contribution in [2.24, 2.45) is 4.99 Å². The van der Waals surface area contributed by atoms with Crippen molar-refractivity contribution in [1.82, 2.24) is 15.6 Å². The lowest BCUT2D eigenvalue weighted by atomic mass is 10.2. The SMILES string of the molecule is CCNC(=NCc1ncc(C)s1)NCCC(=O)Nc1cccc(Cl)c1C.I. The van der Waals surface area contributed by atoms with Crippen LogP contribution >= 0.6 is 46.9 Å². The van der Waals surface area contributed by atoms with Crippen LogP contribution in [0.3, 0.4) is 0 Å². The first-order valence-corrected chi connectivity index (χ1v) is 9.67. The largest absolute Gasteiger partial charge is 0.357 e. The van der Waals surface area contributed by atoms with Gasteiger partial charge in [0.2, 0.25) is 5.91 Å². The summed E-state index contributed by atoms with van der Waals surface area (Å²) >= 11 is 7.70. The summed E-state index contributed by atoms with van der Waals surface area (Å²) in [5.74, 6) is 0.598. The number of aliphatic imine (C=N–C) groups is 1. The van der Waals surface area contributed by atoms with Gasteiger partial charge in [-0.1, -0.05) is 17.7 Å². The van der Waals surface area contributed by atoms with Crippen LogP contribution in [-0.4, -0.2) is 29.9 Å². The van der Waals surface area contributed by atoms with Gasteiger partial charge >= 0.3 is 0 Å². The van der Waals surface area contributed by atoms with Gasteiger partial charge in [0.15, 0.2) is 5.96 Å². The summed E-state index contributed by atoms with van der Waals surface area (Å²) in [6, 6.07) is 5.46. The number of aryl methyl sites for hydroxylation is 1. The average molecular weight is 522 g/mol. The first-order chi connectivity index (χ1) is 12.5. The number of aromatic nitrogens is 1. The molecule has 0 aliphatic rings. The van der Waals surface area contributed by atoms with Crippen molar-refractivity contribution in [1.29, 1.82) is 0 Å². The molecule has 2 aromatic rings. The van der Waals surface area contributed by atoms with Crippen LogP contribution in [0.2, 0.25) is 5.02 Å². The second-order valence-electron chi connectivity index (χ2n) is 5.70. The summed E-state index contributed by atoms with van der Waals surface area (Å²) in [4.78, 5) is 22.1. The topological polar surface area (TPSA) is 78.4 Å². The van der Waals surface area contributed by atoms with E-state index < -0.39 is 0 Å². The van der Waals surface area contributed by atoms with E-state index in [2.05, 4.69) is 25.9 Å². The number of thiazole rings is 1. The molecule has 0 fully saturated rings.